The summed E-state index contributed by atoms with van der Waals surface area (Å²) in [5.41, 5.74) is 0.891. The second kappa shape index (κ2) is 10.8. The van der Waals surface area contributed by atoms with Gasteiger partial charge in [-0.25, -0.2) is 0 Å². The quantitative estimate of drug-likeness (QED) is 0.683. The first-order valence-electron chi connectivity index (χ1n) is 9.15. The lowest BCUT2D eigenvalue weighted by molar-refractivity contribution is -0.116. The van der Waals surface area contributed by atoms with E-state index in [9.17, 15) is 4.79 Å². The number of methoxy groups -OCH3 is 1. The van der Waals surface area contributed by atoms with Gasteiger partial charge in [-0.2, -0.15) is 0 Å². The molecule has 0 bridgehead atoms. The third kappa shape index (κ3) is 7.06. The molecule has 1 aromatic carbocycles. The van der Waals surface area contributed by atoms with Crippen LogP contribution in [-0.2, 0) is 9.53 Å². The molecule has 1 heterocycles. The van der Waals surface area contributed by atoms with Gasteiger partial charge >= 0.3 is 0 Å². The van der Waals surface area contributed by atoms with E-state index in [1.807, 2.05) is 18.2 Å². The van der Waals surface area contributed by atoms with E-state index in [2.05, 4.69) is 24.1 Å². The molecule has 26 heavy (non-hydrogen) atoms. The van der Waals surface area contributed by atoms with Gasteiger partial charge < -0.3 is 19.5 Å². The molecule has 1 amide bonds. The van der Waals surface area contributed by atoms with Gasteiger partial charge in [0.2, 0.25) is 5.91 Å². The lowest BCUT2D eigenvalue weighted by Gasteiger charge is -2.26. The standard InChI is InChI=1S/C20H30N2O4/c1-16(2)15-26-18-6-4-17(14-19(18)24-3)5-7-20(23)21-8-9-22-10-12-25-13-11-22/h4-7,14,16H,8-13,15H2,1-3H3,(H,21,23)/b7-5+. The van der Waals surface area contributed by atoms with E-state index < -0.39 is 0 Å². The summed E-state index contributed by atoms with van der Waals surface area (Å²) in [6.07, 6.45) is 3.32. The molecule has 1 fully saturated rings. The summed E-state index contributed by atoms with van der Waals surface area (Å²) in [5.74, 6) is 1.73. The Kier molecular flexibility index (Phi) is 8.44. The molecule has 1 aromatic rings. The number of rotatable bonds is 9. The number of ether oxygens (including phenoxy) is 3. The summed E-state index contributed by atoms with van der Waals surface area (Å²) in [7, 11) is 1.61. The third-order valence-electron chi connectivity index (χ3n) is 4.02. The van der Waals surface area contributed by atoms with E-state index >= 15 is 0 Å². The lowest BCUT2D eigenvalue weighted by Crippen LogP contribution is -2.41. The van der Waals surface area contributed by atoms with Gasteiger partial charge in [-0.1, -0.05) is 19.9 Å². The Hall–Kier alpha value is -2.05. The van der Waals surface area contributed by atoms with E-state index in [0.29, 0.717) is 30.6 Å². The maximum Gasteiger partial charge on any atom is 0.244 e. The zero-order valence-electron chi connectivity index (χ0n) is 16.0. The lowest BCUT2D eigenvalue weighted by atomic mass is 10.2. The molecule has 1 N–H and O–H groups in total. The van der Waals surface area contributed by atoms with Crippen molar-refractivity contribution in [3.63, 3.8) is 0 Å². The average Bonchev–Trinajstić information content (AvgIpc) is 2.65. The van der Waals surface area contributed by atoms with Crippen molar-refractivity contribution in [2.24, 2.45) is 5.92 Å². The number of carbonyl (C=O) groups is 1. The van der Waals surface area contributed by atoms with E-state index in [1.54, 1.807) is 19.3 Å². The fraction of sp³-hybridized carbons (Fsp3) is 0.550. The van der Waals surface area contributed by atoms with Crippen molar-refractivity contribution in [2.75, 3.05) is 53.1 Å². The Morgan fingerprint density at radius 1 is 1.31 bits per heavy atom. The summed E-state index contributed by atoms with van der Waals surface area (Å²) < 4.78 is 16.4. The van der Waals surface area contributed by atoms with Crippen molar-refractivity contribution >= 4 is 12.0 Å². The molecule has 2 rings (SSSR count). The van der Waals surface area contributed by atoms with Gasteiger partial charge in [-0.05, 0) is 29.7 Å². The number of hydrogen-bond acceptors (Lipinski definition) is 5. The summed E-state index contributed by atoms with van der Waals surface area (Å²) in [6, 6.07) is 5.65. The molecule has 1 saturated heterocycles. The predicted molar refractivity (Wildman–Crippen MR) is 103 cm³/mol. The van der Waals surface area contributed by atoms with E-state index in [4.69, 9.17) is 14.2 Å². The van der Waals surface area contributed by atoms with Gasteiger partial charge in [0.1, 0.15) is 0 Å². The number of nitrogens with one attached hydrogen (secondary N) is 1. The maximum absolute atomic E-state index is 12.0. The van der Waals surface area contributed by atoms with Gasteiger partial charge in [0.05, 0.1) is 26.9 Å². The summed E-state index contributed by atoms with van der Waals surface area (Å²) in [6.45, 7) is 9.71. The third-order valence-corrected chi connectivity index (χ3v) is 4.02. The van der Waals surface area contributed by atoms with E-state index in [0.717, 1.165) is 38.4 Å². The van der Waals surface area contributed by atoms with Crippen molar-refractivity contribution < 1.29 is 19.0 Å². The molecule has 0 saturated carbocycles. The highest BCUT2D eigenvalue weighted by Crippen LogP contribution is 2.28. The molecule has 1 aliphatic heterocycles. The van der Waals surface area contributed by atoms with Crippen LogP contribution in [0.2, 0.25) is 0 Å². The van der Waals surface area contributed by atoms with Crippen molar-refractivity contribution in [3.8, 4) is 11.5 Å². The van der Waals surface area contributed by atoms with E-state index in [-0.39, 0.29) is 5.91 Å². The zero-order valence-corrected chi connectivity index (χ0v) is 16.0. The van der Waals surface area contributed by atoms with Crippen LogP contribution < -0.4 is 14.8 Å². The molecule has 6 heteroatoms. The number of hydrogen-bond donors (Lipinski definition) is 1. The second-order valence-corrected chi connectivity index (χ2v) is 6.69. The average molecular weight is 362 g/mol. The Balaban J connectivity index is 1.81. The monoisotopic (exact) mass is 362 g/mol. The van der Waals surface area contributed by atoms with Crippen LogP contribution in [0, 0.1) is 5.92 Å². The molecule has 0 aromatic heterocycles. The van der Waals surface area contributed by atoms with E-state index in [1.165, 1.54) is 0 Å². The van der Waals surface area contributed by atoms with Crippen molar-refractivity contribution in [2.45, 2.75) is 13.8 Å². The van der Waals surface area contributed by atoms with Crippen LogP contribution in [0.1, 0.15) is 19.4 Å². The van der Waals surface area contributed by atoms with Crippen LogP contribution >= 0.6 is 0 Å². The minimum atomic E-state index is -0.0997. The van der Waals surface area contributed by atoms with Gasteiger partial charge in [0.25, 0.3) is 0 Å². The van der Waals surface area contributed by atoms with Crippen LogP contribution in [0.5, 0.6) is 11.5 Å². The largest absolute Gasteiger partial charge is 0.493 e. The van der Waals surface area contributed by atoms with Gasteiger partial charge in [-0.15, -0.1) is 0 Å². The molecule has 0 unspecified atom stereocenters. The van der Waals surface area contributed by atoms with Gasteiger partial charge in [0, 0.05) is 32.3 Å². The highest BCUT2D eigenvalue weighted by molar-refractivity contribution is 5.91. The fourth-order valence-electron chi connectivity index (χ4n) is 2.56. The second-order valence-electron chi connectivity index (χ2n) is 6.69. The predicted octanol–water partition coefficient (Wildman–Crippen LogP) is 2.19. The first kappa shape index (κ1) is 20.3. The van der Waals surface area contributed by atoms with Crippen LogP contribution in [-0.4, -0.2) is 63.9 Å². The number of benzene rings is 1. The first-order valence-corrected chi connectivity index (χ1v) is 9.15. The number of nitrogens with zero attached hydrogens (tertiary/aromatic N) is 1. The zero-order chi connectivity index (χ0) is 18.8. The van der Waals surface area contributed by atoms with Gasteiger partial charge in [-0.3, -0.25) is 9.69 Å². The normalized spacial score (nSPS) is 15.4. The van der Waals surface area contributed by atoms with Crippen molar-refractivity contribution in [1.29, 1.82) is 0 Å². The van der Waals surface area contributed by atoms with Crippen LogP contribution in [0.3, 0.4) is 0 Å². The number of carbonyl (C=O) groups excluding carboxylic acids is 1. The molecule has 0 aliphatic carbocycles. The SMILES string of the molecule is COc1cc(/C=C/C(=O)NCCN2CCOCC2)ccc1OCC(C)C. The van der Waals surface area contributed by atoms with Crippen LogP contribution in [0.4, 0.5) is 0 Å². The Bertz CT molecular complexity index is 595. The molecule has 0 atom stereocenters. The Labute approximate surface area is 156 Å². The molecule has 144 valence electrons. The molecular formula is C20H30N2O4. The van der Waals surface area contributed by atoms with Crippen molar-refractivity contribution in [3.05, 3.63) is 29.8 Å². The topological polar surface area (TPSA) is 60.0 Å². The molecule has 0 spiro atoms. The highest BCUT2D eigenvalue weighted by Gasteiger charge is 2.10. The minimum absolute atomic E-state index is 0.0997. The summed E-state index contributed by atoms with van der Waals surface area (Å²) in [5, 5.41) is 2.91. The number of amides is 1. The maximum atomic E-state index is 12.0. The first-order chi connectivity index (χ1) is 12.6. The highest BCUT2D eigenvalue weighted by atomic mass is 16.5. The molecule has 1 aliphatic rings. The molecule has 6 nitrogen and oxygen atoms in total. The number of morpholine rings is 1. The Morgan fingerprint density at radius 2 is 2.08 bits per heavy atom. The molecule has 0 radical (unpaired) electrons. The summed E-state index contributed by atoms with van der Waals surface area (Å²) >= 11 is 0. The van der Waals surface area contributed by atoms with Crippen LogP contribution in [0.25, 0.3) is 6.08 Å². The smallest absolute Gasteiger partial charge is 0.244 e. The van der Waals surface area contributed by atoms with Crippen LogP contribution in [0.15, 0.2) is 24.3 Å². The van der Waals surface area contributed by atoms with Crippen molar-refractivity contribution in [1.82, 2.24) is 10.2 Å². The fourth-order valence-corrected chi connectivity index (χ4v) is 2.56. The summed E-state index contributed by atoms with van der Waals surface area (Å²) in [4.78, 5) is 14.2. The van der Waals surface area contributed by atoms with Gasteiger partial charge in [0.15, 0.2) is 11.5 Å². The molecular weight excluding hydrogens is 332 g/mol. The minimum Gasteiger partial charge on any atom is -0.493 e. The Morgan fingerprint density at radius 3 is 2.77 bits per heavy atom.